The zero-order valence-electron chi connectivity index (χ0n) is 14.5. The van der Waals surface area contributed by atoms with Crippen LogP contribution in [0.5, 0.6) is 0 Å². The summed E-state index contributed by atoms with van der Waals surface area (Å²) in [6.07, 6.45) is 0.0973. The molecule has 0 saturated carbocycles. The van der Waals surface area contributed by atoms with Gasteiger partial charge in [0.2, 0.25) is 0 Å². The number of rotatable bonds is 7. The minimum atomic E-state index is -0.442. The fourth-order valence-electron chi connectivity index (χ4n) is 1.88. The molecule has 8 heteroatoms. The van der Waals surface area contributed by atoms with Gasteiger partial charge in [-0.05, 0) is 19.2 Å². The Morgan fingerprint density at radius 2 is 1.88 bits per heavy atom. The number of thiazole rings is 1. The Bertz CT molecular complexity index is 672. The van der Waals surface area contributed by atoms with Crippen molar-refractivity contribution in [2.24, 2.45) is 0 Å². The first kappa shape index (κ1) is 21.1. The summed E-state index contributed by atoms with van der Waals surface area (Å²) in [6, 6.07) is 7.18. The van der Waals surface area contributed by atoms with E-state index < -0.39 is 5.97 Å². The normalized spacial score (nSPS) is 9.76. The van der Waals surface area contributed by atoms with Gasteiger partial charge in [0.1, 0.15) is 5.01 Å². The molecule has 0 atom stereocenters. The summed E-state index contributed by atoms with van der Waals surface area (Å²) in [7, 11) is 1.83. The number of aromatic nitrogens is 1. The van der Waals surface area contributed by atoms with Gasteiger partial charge >= 0.3 is 5.97 Å². The number of hydrogen-bond acceptors (Lipinski definition) is 7. The minimum absolute atomic E-state index is 0.0973. The van der Waals surface area contributed by atoms with Crippen molar-refractivity contribution in [3.8, 4) is 11.3 Å². The third-order valence-corrected chi connectivity index (χ3v) is 4.10. The molecule has 0 aliphatic heterocycles. The highest BCUT2D eigenvalue weighted by molar-refractivity contribution is 7.75. The summed E-state index contributed by atoms with van der Waals surface area (Å²) in [6.45, 7) is 5.30. The van der Waals surface area contributed by atoms with Crippen LogP contribution in [0.2, 0.25) is 0 Å². The van der Waals surface area contributed by atoms with Gasteiger partial charge in [0.25, 0.3) is 5.91 Å². The first-order valence-corrected chi connectivity index (χ1v) is 9.20. The van der Waals surface area contributed by atoms with Crippen molar-refractivity contribution >= 4 is 36.1 Å². The second kappa shape index (κ2) is 11.6. The van der Waals surface area contributed by atoms with Crippen molar-refractivity contribution in [3.05, 3.63) is 40.2 Å². The Morgan fingerprint density at radius 3 is 2.48 bits per heavy atom. The van der Waals surface area contributed by atoms with E-state index in [0.717, 1.165) is 17.8 Å². The van der Waals surface area contributed by atoms with Crippen LogP contribution >= 0.6 is 24.2 Å². The molecule has 1 aromatic carbocycles. The van der Waals surface area contributed by atoms with Crippen LogP contribution in [0.4, 0.5) is 0 Å². The molecule has 2 N–H and O–H groups in total. The molecule has 0 radical (unpaired) electrons. The molecule has 0 saturated heterocycles. The molecular weight excluding hydrogens is 358 g/mol. The lowest BCUT2D eigenvalue weighted by molar-refractivity contribution is -0.132. The lowest BCUT2D eigenvalue weighted by Crippen LogP contribution is -2.30. The molecule has 25 heavy (non-hydrogen) atoms. The van der Waals surface area contributed by atoms with E-state index in [9.17, 15) is 9.59 Å². The number of amides is 1. The van der Waals surface area contributed by atoms with Crippen LogP contribution in [0.1, 0.15) is 29.2 Å². The van der Waals surface area contributed by atoms with E-state index in [-0.39, 0.29) is 12.3 Å². The lowest BCUT2D eigenvalue weighted by Gasteiger charge is -2.05. The Hall–Kier alpha value is -1.90. The maximum Gasteiger partial charge on any atom is 0.324 e. The van der Waals surface area contributed by atoms with Gasteiger partial charge in [-0.2, -0.15) is 0 Å². The third-order valence-electron chi connectivity index (χ3n) is 3.05. The maximum atomic E-state index is 11.9. The summed E-state index contributed by atoms with van der Waals surface area (Å²) in [4.78, 5) is 27.5. The quantitative estimate of drug-likeness (QED) is 0.390. The molecule has 2 aromatic rings. The number of carbonyl (C=O) groups is 2. The van der Waals surface area contributed by atoms with E-state index in [0.29, 0.717) is 17.1 Å². The Morgan fingerprint density at radius 1 is 1.20 bits per heavy atom. The first-order valence-electron chi connectivity index (χ1n) is 7.96. The van der Waals surface area contributed by atoms with Crippen LogP contribution in [0, 0.1) is 0 Å². The molecule has 2 rings (SSSR count). The van der Waals surface area contributed by atoms with Gasteiger partial charge in [-0.3, -0.25) is 9.59 Å². The van der Waals surface area contributed by atoms with Gasteiger partial charge in [-0.1, -0.05) is 26.0 Å². The first-order chi connectivity index (χ1) is 12.1. The topological polar surface area (TPSA) is 80.3 Å². The molecule has 0 bridgehead atoms. The molecule has 0 spiro atoms. The fraction of sp³-hybridized carbons (Fsp3) is 0.353. The van der Waals surface area contributed by atoms with Crippen LogP contribution in [-0.2, 0) is 15.4 Å². The standard InChI is InChI=1S/C15H17N3O3S2.C2H6/c1-16-6-7-17-15(20)11-4-2-10(3-5-11)12-9-23-13(18-12)8-14(19)21-22;1-2/h2-5,9,16,22H,6-8H2,1H3,(H,17,20);1-2H3. The maximum absolute atomic E-state index is 11.9. The Kier molecular flexibility index (Phi) is 9.83. The molecule has 0 aliphatic rings. The van der Waals surface area contributed by atoms with Gasteiger partial charge in [0.15, 0.2) is 0 Å². The highest BCUT2D eigenvalue weighted by Crippen LogP contribution is 2.22. The summed E-state index contributed by atoms with van der Waals surface area (Å²) >= 11 is 4.85. The predicted octanol–water partition coefficient (Wildman–Crippen LogP) is 2.72. The SMILES string of the molecule is CC.CNCCNC(=O)c1ccc(-c2csc(CC(=O)OS)n2)cc1. The highest BCUT2D eigenvalue weighted by atomic mass is 32.1. The highest BCUT2D eigenvalue weighted by Gasteiger charge is 2.10. The summed E-state index contributed by atoms with van der Waals surface area (Å²) in [5, 5.41) is 8.31. The summed E-state index contributed by atoms with van der Waals surface area (Å²) in [5.74, 6) is -0.551. The van der Waals surface area contributed by atoms with Crippen LogP contribution in [-0.4, -0.2) is 37.0 Å². The Balaban J connectivity index is 0.00000151. The van der Waals surface area contributed by atoms with Gasteiger partial charge in [-0.25, -0.2) is 4.98 Å². The Labute approximate surface area is 157 Å². The van der Waals surface area contributed by atoms with Gasteiger partial charge in [0, 0.05) is 42.5 Å². The van der Waals surface area contributed by atoms with Crippen molar-refractivity contribution in [1.29, 1.82) is 0 Å². The van der Waals surface area contributed by atoms with E-state index >= 15 is 0 Å². The van der Waals surface area contributed by atoms with E-state index in [2.05, 4.69) is 32.7 Å². The molecule has 6 nitrogen and oxygen atoms in total. The van der Waals surface area contributed by atoms with E-state index in [4.69, 9.17) is 0 Å². The molecule has 0 fully saturated rings. The van der Waals surface area contributed by atoms with Crippen molar-refractivity contribution in [1.82, 2.24) is 15.6 Å². The van der Waals surface area contributed by atoms with Crippen LogP contribution in [0.3, 0.4) is 0 Å². The average molecular weight is 382 g/mol. The zero-order chi connectivity index (χ0) is 18.7. The predicted molar refractivity (Wildman–Crippen MR) is 104 cm³/mol. The largest absolute Gasteiger partial charge is 0.394 e. The van der Waals surface area contributed by atoms with E-state index in [1.165, 1.54) is 11.3 Å². The van der Waals surface area contributed by atoms with Crippen LogP contribution in [0.15, 0.2) is 29.6 Å². The lowest BCUT2D eigenvalue weighted by atomic mass is 10.1. The monoisotopic (exact) mass is 381 g/mol. The number of nitrogens with zero attached hydrogens (tertiary/aromatic N) is 1. The second-order valence-electron chi connectivity index (χ2n) is 4.70. The molecule has 1 amide bonds. The summed E-state index contributed by atoms with van der Waals surface area (Å²) in [5.41, 5.74) is 2.25. The number of carbonyl (C=O) groups excluding carboxylic acids is 2. The molecular formula is C17H23N3O3S2. The van der Waals surface area contributed by atoms with Crippen LogP contribution in [0.25, 0.3) is 11.3 Å². The van der Waals surface area contributed by atoms with Crippen molar-refractivity contribution in [3.63, 3.8) is 0 Å². The number of thiol groups is 1. The fourth-order valence-corrected chi connectivity index (χ4v) is 2.73. The summed E-state index contributed by atoms with van der Waals surface area (Å²) < 4.78 is 4.32. The molecule has 1 heterocycles. The van der Waals surface area contributed by atoms with Gasteiger partial charge in [0.05, 0.1) is 12.1 Å². The van der Waals surface area contributed by atoms with Gasteiger partial charge in [-0.15, -0.1) is 11.3 Å². The number of benzene rings is 1. The van der Waals surface area contributed by atoms with Crippen LogP contribution < -0.4 is 10.6 Å². The van der Waals surface area contributed by atoms with Crippen molar-refractivity contribution < 1.29 is 13.8 Å². The average Bonchev–Trinajstić information content (AvgIpc) is 3.12. The molecule has 0 aliphatic carbocycles. The molecule has 1 aromatic heterocycles. The zero-order valence-corrected chi connectivity index (χ0v) is 16.2. The number of nitrogens with one attached hydrogen (secondary N) is 2. The second-order valence-corrected chi connectivity index (χ2v) is 5.83. The molecule has 136 valence electrons. The molecule has 0 unspecified atom stereocenters. The van der Waals surface area contributed by atoms with Crippen molar-refractivity contribution in [2.45, 2.75) is 20.3 Å². The third kappa shape index (κ3) is 6.85. The van der Waals surface area contributed by atoms with Crippen molar-refractivity contribution in [2.75, 3.05) is 20.1 Å². The minimum Gasteiger partial charge on any atom is -0.394 e. The number of likely N-dealkylation sites (N-methyl/N-ethyl adjacent to an activating group) is 1. The van der Waals surface area contributed by atoms with Gasteiger partial charge < -0.3 is 14.8 Å². The number of hydrogen-bond donors (Lipinski definition) is 3. The van der Waals surface area contributed by atoms with E-state index in [1.54, 1.807) is 12.1 Å². The van der Waals surface area contributed by atoms with E-state index in [1.807, 2.05) is 38.4 Å². The smallest absolute Gasteiger partial charge is 0.324 e.